The summed E-state index contributed by atoms with van der Waals surface area (Å²) in [7, 11) is 0. The third-order valence-corrected chi connectivity index (χ3v) is 1.56. The van der Waals surface area contributed by atoms with E-state index in [1.807, 2.05) is 24.3 Å². The van der Waals surface area contributed by atoms with Crippen LogP contribution in [-0.4, -0.2) is 0 Å². The first-order valence-corrected chi connectivity index (χ1v) is 4.37. The van der Waals surface area contributed by atoms with Crippen LogP contribution in [0.4, 0.5) is 0 Å². The second kappa shape index (κ2) is 7.81. The quantitative estimate of drug-likeness (QED) is 0.544. The summed E-state index contributed by atoms with van der Waals surface area (Å²) in [5, 5.41) is 0. The highest BCUT2D eigenvalue weighted by molar-refractivity contribution is 5.49. The molecule has 0 bridgehead atoms. The van der Waals surface area contributed by atoms with Crippen molar-refractivity contribution in [1.29, 1.82) is 0 Å². The molecule has 0 fully saturated rings. The topological polar surface area (TPSA) is 0 Å². The van der Waals surface area contributed by atoms with E-state index in [1.165, 1.54) is 0 Å². The van der Waals surface area contributed by atoms with Crippen molar-refractivity contribution in [2.45, 2.75) is 0 Å². The van der Waals surface area contributed by atoms with E-state index in [9.17, 15) is 0 Å². The first kappa shape index (κ1) is 12.2. The Morgan fingerprint density at radius 1 is 0.714 bits per heavy atom. The molecule has 0 saturated carbocycles. The van der Waals surface area contributed by atoms with E-state index < -0.39 is 0 Å². The Bertz CT molecular complexity index is 309. The summed E-state index contributed by atoms with van der Waals surface area (Å²) in [6.07, 6.45) is 14.6. The van der Waals surface area contributed by atoms with Crippen molar-refractivity contribution in [3.05, 3.63) is 86.1 Å². The second-order valence-electron chi connectivity index (χ2n) is 2.51. The molecule has 0 saturated heterocycles. The van der Waals surface area contributed by atoms with Gasteiger partial charge >= 0.3 is 0 Å². The smallest absolute Gasteiger partial charge is 0.0184 e. The molecular weight excluding hydrogens is 168 g/mol. The van der Waals surface area contributed by atoms with Crippen molar-refractivity contribution in [2.24, 2.45) is 0 Å². The number of rotatable bonds is 6. The molecule has 0 aliphatic rings. The average molecular weight is 184 g/mol. The van der Waals surface area contributed by atoms with Crippen LogP contribution in [0.3, 0.4) is 0 Å². The molecule has 0 aromatic carbocycles. The molecule has 0 rings (SSSR count). The van der Waals surface area contributed by atoms with Gasteiger partial charge in [-0.2, -0.15) is 0 Å². The minimum Gasteiger partial charge on any atom is -0.0991 e. The molecule has 0 heteroatoms. The van der Waals surface area contributed by atoms with Crippen molar-refractivity contribution in [3.8, 4) is 0 Å². The van der Waals surface area contributed by atoms with Crippen LogP contribution >= 0.6 is 0 Å². The summed E-state index contributed by atoms with van der Waals surface area (Å²) in [5.74, 6) is 0. The van der Waals surface area contributed by atoms with Gasteiger partial charge < -0.3 is 0 Å². The molecule has 0 aliphatic heterocycles. The zero-order valence-electron chi connectivity index (χ0n) is 8.45. The molecule has 0 amide bonds. The minimum atomic E-state index is 1.01. The Hall–Kier alpha value is -1.82. The van der Waals surface area contributed by atoms with E-state index >= 15 is 0 Å². The van der Waals surface area contributed by atoms with Crippen molar-refractivity contribution < 1.29 is 0 Å². The Balaban J connectivity index is 5.07. The van der Waals surface area contributed by atoms with E-state index in [0.717, 1.165) is 11.1 Å². The zero-order valence-corrected chi connectivity index (χ0v) is 8.45. The highest BCUT2D eigenvalue weighted by Gasteiger charge is 1.93. The fourth-order valence-electron chi connectivity index (χ4n) is 0.956. The van der Waals surface area contributed by atoms with Gasteiger partial charge in [0.1, 0.15) is 0 Å². The lowest BCUT2D eigenvalue weighted by Gasteiger charge is -2.00. The summed E-state index contributed by atoms with van der Waals surface area (Å²) in [6.45, 7) is 14.7. The van der Waals surface area contributed by atoms with E-state index in [0.29, 0.717) is 0 Å². The van der Waals surface area contributed by atoms with E-state index in [-0.39, 0.29) is 0 Å². The standard InChI is InChI=1S/C14H16/c1-5-9-12-14(11-7-3)13(8-4)10-6-2/h5-12H,1-4H2/b12-9-,13-10-,14-11-. The van der Waals surface area contributed by atoms with Gasteiger partial charge in [-0.05, 0) is 11.1 Å². The van der Waals surface area contributed by atoms with Crippen molar-refractivity contribution in [1.82, 2.24) is 0 Å². The van der Waals surface area contributed by atoms with Gasteiger partial charge in [0.05, 0.1) is 0 Å². The van der Waals surface area contributed by atoms with Crippen LogP contribution in [0, 0.1) is 0 Å². The lowest BCUT2D eigenvalue weighted by molar-refractivity contribution is 1.55. The van der Waals surface area contributed by atoms with Crippen LogP contribution < -0.4 is 0 Å². The first-order chi connectivity index (χ1) is 6.79. The van der Waals surface area contributed by atoms with E-state index in [2.05, 4.69) is 26.3 Å². The third-order valence-electron chi connectivity index (χ3n) is 1.56. The Morgan fingerprint density at radius 2 is 1.29 bits per heavy atom. The van der Waals surface area contributed by atoms with Gasteiger partial charge in [-0.25, -0.2) is 0 Å². The number of hydrogen-bond acceptors (Lipinski definition) is 0. The van der Waals surface area contributed by atoms with Gasteiger partial charge in [-0.1, -0.05) is 74.9 Å². The maximum atomic E-state index is 3.74. The molecule has 0 nitrogen and oxygen atoms in total. The predicted octanol–water partition coefficient (Wildman–Crippen LogP) is 4.14. The average Bonchev–Trinajstić information content (AvgIpc) is 2.21. The largest absolute Gasteiger partial charge is 0.0991 e. The summed E-state index contributed by atoms with van der Waals surface area (Å²) >= 11 is 0. The summed E-state index contributed by atoms with van der Waals surface area (Å²) in [6, 6.07) is 0. The first-order valence-electron chi connectivity index (χ1n) is 4.37. The highest BCUT2D eigenvalue weighted by atomic mass is 14.0. The Morgan fingerprint density at radius 3 is 1.71 bits per heavy atom. The molecule has 0 aromatic rings. The third kappa shape index (κ3) is 4.27. The van der Waals surface area contributed by atoms with Crippen LogP contribution in [0.15, 0.2) is 86.1 Å². The summed E-state index contributed by atoms with van der Waals surface area (Å²) in [4.78, 5) is 0. The molecular formula is C14H16. The van der Waals surface area contributed by atoms with Crippen LogP contribution in [0.2, 0.25) is 0 Å². The molecule has 0 spiro atoms. The SMILES string of the molecule is C=C\C=C/C(=C/C=C)C(/C=C)=C\C=C. The maximum Gasteiger partial charge on any atom is -0.0184 e. The molecule has 0 aliphatic carbocycles. The molecule has 0 radical (unpaired) electrons. The van der Waals surface area contributed by atoms with Crippen LogP contribution in [0.5, 0.6) is 0 Å². The van der Waals surface area contributed by atoms with E-state index in [4.69, 9.17) is 0 Å². The molecule has 0 N–H and O–H groups in total. The van der Waals surface area contributed by atoms with Crippen molar-refractivity contribution in [3.63, 3.8) is 0 Å². The normalized spacial score (nSPS) is 12.6. The van der Waals surface area contributed by atoms with E-state index in [1.54, 1.807) is 24.3 Å². The zero-order chi connectivity index (χ0) is 10.8. The van der Waals surface area contributed by atoms with Crippen molar-refractivity contribution in [2.75, 3.05) is 0 Å². The molecule has 0 aromatic heterocycles. The molecule has 0 atom stereocenters. The predicted molar refractivity (Wildman–Crippen MR) is 66.1 cm³/mol. The Labute approximate surface area is 86.7 Å². The summed E-state index contributed by atoms with van der Waals surface area (Å²) < 4.78 is 0. The second-order valence-corrected chi connectivity index (χ2v) is 2.51. The van der Waals surface area contributed by atoms with Gasteiger partial charge in [-0.3, -0.25) is 0 Å². The van der Waals surface area contributed by atoms with Crippen LogP contribution in [0.25, 0.3) is 0 Å². The monoisotopic (exact) mass is 184 g/mol. The number of allylic oxidation sites excluding steroid dienone is 10. The van der Waals surface area contributed by atoms with Gasteiger partial charge in [0.25, 0.3) is 0 Å². The van der Waals surface area contributed by atoms with Gasteiger partial charge in [0.15, 0.2) is 0 Å². The number of hydrogen-bond donors (Lipinski definition) is 0. The minimum absolute atomic E-state index is 1.01. The van der Waals surface area contributed by atoms with Gasteiger partial charge in [0, 0.05) is 0 Å². The molecule has 72 valence electrons. The molecule has 0 heterocycles. The van der Waals surface area contributed by atoms with Crippen LogP contribution in [-0.2, 0) is 0 Å². The van der Waals surface area contributed by atoms with Crippen LogP contribution in [0.1, 0.15) is 0 Å². The molecule has 14 heavy (non-hydrogen) atoms. The fourth-order valence-corrected chi connectivity index (χ4v) is 0.956. The maximum absolute atomic E-state index is 3.74. The Kier molecular flexibility index (Phi) is 6.79. The van der Waals surface area contributed by atoms with Crippen molar-refractivity contribution >= 4 is 0 Å². The lowest BCUT2D eigenvalue weighted by Crippen LogP contribution is -1.81. The highest BCUT2D eigenvalue weighted by Crippen LogP contribution is 2.13. The van der Waals surface area contributed by atoms with Gasteiger partial charge in [0.2, 0.25) is 0 Å². The summed E-state index contributed by atoms with van der Waals surface area (Å²) in [5.41, 5.74) is 2.05. The van der Waals surface area contributed by atoms with Gasteiger partial charge in [-0.15, -0.1) is 0 Å². The lowest BCUT2D eigenvalue weighted by atomic mass is 10.0. The fraction of sp³-hybridized carbons (Fsp3) is 0. The molecule has 0 unspecified atom stereocenters.